The maximum atomic E-state index is 14.7. The van der Waals surface area contributed by atoms with Gasteiger partial charge in [0.2, 0.25) is 5.95 Å². The minimum absolute atomic E-state index is 0.143. The van der Waals surface area contributed by atoms with E-state index in [1.54, 1.807) is 43.0 Å². The zero-order valence-corrected chi connectivity index (χ0v) is 20.6. The third-order valence-corrected chi connectivity index (χ3v) is 5.10. The quantitative estimate of drug-likeness (QED) is 0.201. The summed E-state index contributed by atoms with van der Waals surface area (Å²) in [6.45, 7) is 6.00. The van der Waals surface area contributed by atoms with E-state index >= 15 is 0 Å². The second-order valence-corrected chi connectivity index (χ2v) is 7.75. The van der Waals surface area contributed by atoms with E-state index in [0.29, 0.717) is 24.0 Å². The van der Waals surface area contributed by atoms with Crippen LogP contribution in [0.3, 0.4) is 0 Å². The molecule has 37 heavy (non-hydrogen) atoms. The molecule has 4 rings (SSSR count). The van der Waals surface area contributed by atoms with Gasteiger partial charge in [-0.2, -0.15) is 20.2 Å². The van der Waals surface area contributed by atoms with Crippen molar-refractivity contribution in [1.82, 2.24) is 19.9 Å². The lowest BCUT2D eigenvalue weighted by Crippen LogP contribution is -2.07. The molecule has 1 aromatic carbocycles. The number of ether oxygens (including phenoxy) is 1. The molecule has 3 heterocycles. The summed E-state index contributed by atoms with van der Waals surface area (Å²) in [4.78, 5) is 16.9. The molecule has 3 aromatic heterocycles. The zero-order valence-electron chi connectivity index (χ0n) is 20.6. The Morgan fingerprint density at radius 3 is 1.84 bits per heavy atom. The first-order valence-corrected chi connectivity index (χ1v) is 11.5. The molecule has 0 atom stereocenters. The van der Waals surface area contributed by atoms with Crippen LogP contribution in [0.2, 0.25) is 0 Å². The number of halogens is 1. The minimum Gasteiger partial charge on any atom is -0.494 e. The van der Waals surface area contributed by atoms with Gasteiger partial charge in [-0.25, -0.2) is 4.39 Å². The van der Waals surface area contributed by atoms with Crippen LogP contribution in [-0.4, -0.2) is 38.0 Å². The number of pyridine rings is 2. The summed E-state index contributed by atoms with van der Waals surface area (Å²) in [6, 6.07) is 13.6. The van der Waals surface area contributed by atoms with Gasteiger partial charge >= 0.3 is 0 Å². The van der Waals surface area contributed by atoms with Crippen molar-refractivity contribution in [2.45, 2.75) is 20.8 Å². The van der Waals surface area contributed by atoms with Gasteiger partial charge in [0.25, 0.3) is 0 Å². The fourth-order valence-electron chi connectivity index (χ4n) is 3.19. The van der Waals surface area contributed by atoms with E-state index in [-0.39, 0.29) is 11.6 Å². The lowest BCUT2D eigenvalue weighted by atomic mass is 10.2. The molecular formula is C26H26FN9O. The highest BCUT2D eigenvalue weighted by molar-refractivity contribution is 5.99. The third kappa shape index (κ3) is 7.04. The highest BCUT2D eigenvalue weighted by Crippen LogP contribution is 2.24. The van der Waals surface area contributed by atoms with Gasteiger partial charge in [-0.05, 0) is 57.2 Å². The highest BCUT2D eigenvalue weighted by Gasteiger charge is 2.10. The first-order valence-electron chi connectivity index (χ1n) is 11.5. The topological polar surface area (TPSA) is 122 Å². The Hall–Kier alpha value is -4.93. The molecule has 4 aromatic rings. The van der Waals surface area contributed by atoms with Crippen molar-refractivity contribution < 1.29 is 9.13 Å². The Morgan fingerprint density at radius 2 is 1.35 bits per heavy atom. The van der Waals surface area contributed by atoms with Crippen LogP contribution >= 0.6 is 0 Å². The molecule has 0 aliphatic rings. The number of nitrogens with zero attached hydrogens (tertiary/aromatic N) is 6. The summed E-state index contributed by atoms with van der Waals surface area (Å²) in [7, 11) is 0. The van der Waals surface area contributed by atoms with Crippen LogP contribution in [0.15, 0.2) is 83.5 Å². The van der Waals surface area contributed by atoms with Gasteiger partial charge < -0.3 is 10.1 Å². The number of rotatable bonds is 10. The van der Waals surface area contributed by atoms with Gasteiger partial charge in [-0.3, -0.25) is 20.8 Å². The fraction of sp³-hybridized carbons (Fsp3) is 0.154. The van der Waals surface area contributed by atoms with E-state index in [1.807, 2.05) is 45.0 Å². The van der Waals surface area contributed by atoms with Gasteiger partial charge in [0.1, 0.15) is 11.6 Å². The number of aromatic nitrogens is 4. The van der Waals surface area contributed by atoms with Crippen molar-refractivity contribution in [3.63, 3.8) is 0 Å². The summed E-state index contributed by atoms with van der Waals surface area (Å²) in [6.07, 6.45) is 6.77. The highest BCUT2D eigenvalue weighted by atomic mass is 19.1. The monoisotopic (exact) mass is 499 g/mol. The van der Waals surface area contributed by atoms with Crippen LogP contribution in [0.1, 0.15) is 31.9 Å². The molecule has 188 valence electrons. The number of hydrogen-bond acceptors (Lipinski definition) is 10. The number of anilines is 4. The molecule has 0 saturated heterocycles. The van der Waals surface area contributed by atoms with Gasteiger partial charge in [-0.15, -0.1) is 0 Å². The predicted octanol–water partition coefficient (Wildman–Crippen LogP) is 5.22. The van der Waals surface area contributed by atoms with E-state index in [4.69, 9.17) is 4.74 Å². The lowest BCUT2D eigenvalue weighted by molar-refractivity contribution is 0.338. The summed E-state index contributed by atoms with van der Waals surface area (Å²) in [5, 5.41) is 11.7. The van der Waals surface area contributed by atoms with Crippen molar-refractivity contribution in [1.29, 1.82) is 0 Å². The van der Waals surface area contributed by atoms with E-state index in [1.165, 1.54) is 6.07 Å². The largest absolute Gasteiger partial charge is 0.494 e. The summed E-state index contributed by atoms with van der Waals surface area (Å²) in [5.41, 5.74) is 9.34. The second-order valence-electron chi connectivity index (χ2n) is 7.75. The molecule has 0 amide bonds. The molecular weight excluding hydrogens is 473 g/mol. The Balaban J connectivity index is 1.61. The average molecular weight is 500 g/mol. The molecule has 0 unspecified atom stereocenters. The molecule has 10 nitrogen and oxygen atoms in total. The van der Waals surface area contributed by atoms with Crippen molar-refractivity contribution >= 4 is 34.7 Å². The zero-order chi connectivity index (χ0) is 26.0. The van der Waals surface area contributed by atoms with Crippen LogP contribution < -0.4 is 20.9 Å². The van der Waals surface area contributed by atoms with Crippen molar-refractivity contribution in [3.8, 4) is 5.75 Å². The molecule has 0 radical (unpaired) electrons. The van der Waals surface area contributed by atoms with Crippen LogP contribution in [0.25, 0.3) is 0 Å². The number of hydrazone groups is 2. The average Bonchev–Trinajstić information content (AvgIpc) is 2.93. The van der Waals surface area contributed by atoms with Crippen molar-refractivity contribution in [2.75, 3.05) is 22.8 Å². The van der Waals surface area contributed by atoms with E-state index < -0.39 is 5.82 Å². The molecule has 11 heteroatoms. The first-order chi connectivity index (χ1) is 18.0. The molecule has 3 N–H and O–H groups in total. The Morgan fingerprint density at radius 1 is 0.811 bits per heavy atom. The number of hydrogen-bond donors (Lipinski definition) is 3. The third-order valence-electron chi connectivity index (χ3n) is 5.10. The van der Waals surface area contributed by atoms with Crippen molar-refractivity contribution in [3.05, 3.63) is 90.3 Å². The Labute approximate surface area is 213 Å². The minimum atomic E-state index is -0.500. The Kier molecular flexibility index (Phi) is 8.27. The maximum Gasteiger partial charge on any atom is 0.231 e. The van der Waals surface area contributed by atoms with Crippen LogP contribution in [0.5, 0.6) is 5.75 Å². The van der Waals surface area contributed by atoms with Gasteiger partial charge in [0.05, 0.1) is 23.7 Å². The van der Waals surface area contributed by atoms with Gasteiger partial charge in [-0.1, -0.05) is 0 Å². The van der Waals surface area contributed by atoms with Crippen LogP contribution in [-0.2, 0) is 0 Å². The summed E-state index contributed by atoms with van der Waals surface area (Å²) >= 11 is 0. The standard InChI is InChI=1S/C26H26FN9O/c1-4-37-21-5-6-23(22(27)15-21)30-26-31-24(35-33-17(2)19-7-11-28-12-8-19)16-25(32-26)36-34-18(3)20-9-13-29-14-10-20/h5-16H,4H2,1-3H3,(H3,30,31,32,35,36). The fourth-order valence-corrected chi connectivity index (χ4v) is 3.19. The lowest BCUT2D eigenvalue weighted by Gasteiger charge is -2.11. The SMILES string of the molecule is CCOc1ccc(Nc2nc(NN=C(C)c3ccncc3)cc(NN=C(C)c3ccncc3)n2)c(F)c1. The number of nitrogens with one attached hydrogen (secondary N) is 3. The van der Waals surface area contributed by atoms with Gasteiger partial charge in [0, 0.05) is 48.0 Å². The van der Waals surface area contributed by atoms with E-state index in [2.05, 4.69) is 46.3 Å². The van der Waals surface area contributed by atoms with Crippen molar-refractivity contribution in [2.24, 2.45) is 10.2 Å². The second kappa shape index (κ2) is 12.2. The predicted molar refractivity (Wildman–Crippen MR) is 143 cm³/mol. The summed E-state index contributed by atoms with van der Waals surface area (Å²) in [5.74, 6) is 0.823. The van der Waals surface area contributed by atoms with E-state index in [9.17, 15) is 4.39 Å². The Bertz CT molecular complexity index is 1320. The molecule has 0 aliphatic carbocycles. The normalized spacial score (nSPS) is 11.7. The maximum absolute atomic E-state index is 14.7. The molecule has 0 aliphatic heterocycles. The first kappa shape index (κ1) is 25.2. The molecule has 0 bridgehead atoms. The molecule has 0 saturated carbocycles. The summed E-state index contributed by atoms with van der Waals surface area (Å²) < 4.78 is 20.0. The van der Waals surface area contributed by atoms with Gasteiger partial charge in [0.15, 0.2) is 11.6 Å². The van der Waals surface area contributed by atoms with Crippen LogP contribution in [0.4, 0.5) is 27.7 Å². The van der Waals surface area contributed by atoms with E-state index in [0.717, 1.165) is 22.6 Å². The number of benzene rings is 1. The molecule has 0 spiro atoms. The molecule has 0 fully saturated rings. The smallest absolute Gasteiger partial charge is 0.231 e. The van der Waals surface area contributed by atoms with Crippen LogP contribution in [0, 0.1) is 5.82 Å².